The average molecular weight is 317 g/mol. The molecule has 1 saturated heterocycles. The van der Waals surface area contributed by atoms with Crippen LogP contribution >= 0.6 is 23.5 Å². The van der Waals surface area contributed by atoms with E-state index in [2.05, 4.69) is 13.8 Å². The number of carbonyl (C=O) groups excluding carboxylic acids is 2. The molecule has 1 heterocycles. The van der Waals surface area contributed by atoms with Gasteiger partial charge in [0.15, 0.2) is 0 Å². The lowest BCUT2D eigenvalue weighted by Crippen LogP contribution is -2.34. The van der Waals surface area contributed by atoms with E-state index in [-0.39, 0.29) is 16.6 Å². The standard InChI is InChI=1S/C16H28O2S2/c1-5-15(3)11-19-9-6-10-20-12-16(4,13(2)17)8-7-14(15)18/h5-12H2,1-4H3/t15-,16-/m0/s1. The third-order valence-electron chi connectivity index (χ3n) is 4.63. The second-order valence-corrected chi connectivity index (χ2v) is 8.62. The van der Waals surface area contributed by atoms with Gasteiger partial charge in [-0.25, -0.2) is 0 Å². The van der Waals surface area contributed by atoms with Gasteiger partial charge in [-0.1, -0.05) is 20.8 Å². The van der Waals surface area contributed by atoms with Crippen molar-refractivity contribution in [2.75, 3.05) is 23.0 Å². The highest BCUT2D eigenvalue weighted by molar-refractivity contribution is 8.00. The molecule has 2 nitrogen and oxygen atoms in total. The molecule has 0 aromatic carbocycles. The molecule has 0 aromatic heterocycles. The number of ketones is 2. The van der Waals surface area contributed by atoms with Gasteiger partial charge in [0.05, 0.1) is 0 Å². The van der Waals surface area contributed by atoms with Crippen molar-refractivity contribution < 1.29 is 9.59 Å². The lowest BCUT2D eigenvalue weighted by Gasteiger charge is -2.31. The predicted octanol–water partition coefficient (Wildman–Crippen LogP) is 4.22. The van der Waals surface area contributed by atoms with Gasteiger partial charge in [-0.3, -0.25) is 9.59 Å². The second-order valence-electron chi connectivity index (χ2n) is 6.41. The Balaban J connectivity index is 2.82. The Morgan fingerprint density at radius 3 is 2.35 bits per heavy atom. The molecule has 4 heteroatoms. The quantitative estimate of drug-likeness (QED) is 0.764. The highest BCUT2D eigenvalue weighted by atomic mass is 32.2. The van der Waals surface area contributed by atoms with Crippen LogP contribution in [0.25, 0.3) is 0 Å². The third-order valence-corrected chi connectivity index (χ3v) is 7.46. The van der Waals surface area contributed by atoms with E-state index in [9.17, 15) is 9.59 Å². The van der Waals surface area contributed by atoms with Crippen LogP contribution in [0.5, 0.6) is 0 Å². The first-order chi connectivity index (χ1) is 9.34. The van der Waals surface area contributed by atoms with E-state index in [0.29, 0.717) is 18.6 Å². The predicted molar refractivity (Wildman–Crippen MR) is 90.7 cm³/mol. The van der Waals surface area contributed by atoms with Crippen LogP contribution in [0.4, 0.5) is 0 Å². The summed E-state index contributed by atoms with van der Waals surface area (Å²) in [5.41, 5.74) is -0.546. The van der Waals surface area contributed by atoms with Crippen LogP contribution in [0.3, 0.4) is 0 Å². The van der Waals surface area contributed by atoms with Crippen LogP contribution in [0, 0.1) is 10.8 Å². The van der Waals surface area contributed by atoms with E-state index in [0.717, 1.165) is 35.9 Å². The number of carbonyl (C=O) groups is 2. The van der Waals surface area contributed by atoms with Gasteiger partial charge in [-0.15, -0.1) is 0 Å². The summed E-state index contributed by atoms with van der Waals surface area (Å²) in [7, 11) is 0. The lowest BCUT2D eigenvalue weighted by molar-refractivity contribution is -0.129. The van der Waals surface area contributed by atoms with Crippen molar-refractivity contribution >= 4 is 35.1 Å². The molecule has 0 radical (unpaired) electrons. The van der Waals surface area contributed by atoms with Gasteiger partial charge in [0.2, 0.25) is 0 Å². The van der Waals surface area contributed by atoms with Crippen molar-refractivity contribution in [2.45, 2.75) is 53.4 Å². The summed E-state index contributed by atoms with van der Waals surface area (Å²) < 4.78 is 0. The molecule has 1 fully saturated rings. The molecule has 0 amide bonds. The summed E-state index contributed by atoms with van der Waals surface area (Å²) in [6.45, 7) is 7.89. The summed E-state index contributed by atoms with van der Waals surface area (Å²) in [6, 6.07) is 0. The molecule has 0 bridgehead atoms. The zero-order chi connectivity index (χ0) is 15.2. The number of thioether (sulfide) groups is 2. The molecule has 0 saturated carbocycles. The summed E-state index contributed by atoms with van der Waals surface area (Å²) >= 11 is 3.77. The highest BCUT2D eigenvalue weighted by Crippen LogP contribution is 2.35. The van der Waals surface area contributed by atoms with E-state index in [4.69, 9.17) is 0 Å². The Labute approximate surface area is 132 Å². The zero-order valence-electron chi connectivity index (χ0n) is 13.3. The van der Waals surface area contributed by atoms with Crippen LogP contribution in [0.15, 0.2) is 0 Å². The first-order valence-corrected chi connectivity index (χ1v) is 9.85. The molecule has 0 unspecified atom stereocenters. The van der Waals surface area contributed by atoms with E-state index in [1.807, 2.05) is 30.4 Å². The normalized spacial score (nSPS) is 34.1. The number of rotatable bonds is 2. The van der Waals surface area contributed by atoms with Gasteiger partial charge in [0, 0.05) is 28.8 Å². The fourth-order valence-corrected chi connectivity index (χ4v) is 5.06. The lowest BCUT2D eigenvalue weighted by atomic mass is 9.77. The molecule has 1 aliphatic heterocycles. The van der Waals surface area contributed by atoms with Crippen LogP contribution in [0.1, 0.15) is 53.4 Å². The molecule has 1 aliphatic rings. The average Bonchev–Trinajstić information content (AvgIpc) is 2.42. The summed E-state index contributed by atoms with van der Waals surface area (Å²) in [5.74, 6) is 4.57. The second kappa shape index (κ2) is 7.88. The minimum Gasteiger partial charge on any atom is -0.299 e. The van der Waals surface area contributed by atoms with E-state index >= 15 is 0 Å². The SMILES string of the molecule is CC[C@@]1(C)CSCCCSC[C@@](C)(C(C)=O)CCC1=O. The Kier molecular flexibility index (Phi) is 7.13. The molecular formula is C16H28O2S2. The largest absolute Gasteiger partial charge is 0.299 e. The maximum atomic E-state index is 12.6. The smallest absolute Gasteiger partial charge is 0.139 e. The molecule has 0 aromatic rings. The Bertz CT molecular complexity index is 356. The number of hydrogen-bond acceptors (Lipinski definition) is 4. The maximum absolute atomic E-state index is 12.6. The van der Waals surface area contributed by atoms with Crippen molar-refractivity contribution in [2.24, 2.45) is 10.8 Å². The molecular weight excluding hydrogens is 288 g/mol. The van der Waals surface area contributed by atoms with Gasteiger partial charge < -0.3 is 0 Å². The summed E-state index contributed by atoms with van der Waals surface area (Å²) in [5, 5.41) is 0. The van der Waals surface area contributed by atoms with Crippen LogP contribution < -0.4 is 0 Å². The van der Waals surface area contributed by atoms with Gasteiger partial charge >= 0.3 is 0 Å². The van der Waals surface area contributed by atoms with E-state index in [1.165, 1.54) is 0 Å². The van der Waals surface area contributed by atoms with Crippen molar-refractivity contribution in [1.82, 2.24) is 0 Å². The van der Waals surface area contributed by atoms with Crippen molar-refractivity contribution in [1.29, 1.82) is 0 Å². The van der Waals surface area contributed by atoms with Gasteiger partial charge in [-0.2, -0.15) is 23.5 Å². The van der Waals surface area contributed by atoms with Crippen molar-refractivity contribution in [3.63, 3.8) is 0 Å². The van der Waals surface area contributed by atoms with E-state index in [1.54, 1.807) is 6.92 Å². The van der Waals surface area contributed by atoms with Gasteiger partial charge in [-0.05, 0) is 37.7 Å². The zero-order valence-corrected chi connectivity index (χ0v) is 14.9. The maximum Gasteiger partial charge on any atom is 0.139 e. The van der Waals surface area contributed by atoms with Crippen LogP contribution in [-0.4, -0.2) is 34.6 Å². The third kappa shape index (κ3) is 4.80. The van der Waals surface area contributed by atoms with Crippen molar-refractivity contribution in [3.05, 3.63) is 0 Å². The minimum absolute atomic E-state index is 0.214. The topological polar surface area (TPSA) is 34.1 Å². The first-order valence-electron chi connectivity index (χ1n) is 7.54. The molecule has 20 heavy (non-hydrogen) atoms. The Morgan fingerprint density at radius 1 is 1.20 bits per heavy atom. The Morgan fingerprint density at radius 2 is 1.80 bits per heavy atom. The monoisotopic (exact) mass is 316 g/mol. The highest BCUT2D eigenvalue weighted by Gasteiger charge is 2.35. The van der Waals surface area contributed by atoms with E-state index < -0.39 is 0 Å². The summed E-state index contributed by atoms with van der Waals surface area (Å²) in [6.07, 6.45) is 3.30. The number of hydrogen-bond donors (Lipinski definition) is 0. The van der Waals surface area contributed by atoms with Crippen LogP contribution in [0.2, 0.25) is 0 Å². The molecule has 0 N–H and O–H groups in total. The summed E-state index contributed by atoms with van der Waals surface area (Å²) in [4.78, 5) is 24.5. The minimum atomic E-state index is -0.332. The van der Waals surface area contributed by atoms with Crippen molar-refractivity contribution in [3.8, 4) is 0 Å². The molecule has 0 spiro atoms. The molecule has 0 aliphatic carbocycles. The molecule has 1 rings (SSSR count). The van der Waals surface area contributed by atoms with Crippen LogP contribution in [-0.2, 0) is 9.59 Å². The fraction of sp³-hybridized carbons (Fsp3) is 0.875. The molecule has 2 atom stereocenters. The number of Topliss-reactive ketones (excluding diaryl/α,β-unsaturated/α-hetero) is 2. The Hall–Kier alpha value is 0.0400. The van der Waals surface area contributed by atoms with Gasteiger partial charge in [0.25, 0.3) is 0 Å². The fourth-order valence-electron chi connectivity index (χ4n) is 2.28. The first kappa shape index (κ1) is 18.1. The molecule has 116 valence electrons. The van der Waals surface area contributed by atoms with Gasteiger partial charge in [0.1, 0.15) is 11.6 Å².